The second kappa shape index (κ2) is 15.3. The molecule has 0 amide bonds. The van der Waals surface area contributed by atoms with Crippen LogP contribution in [0.1, 0.15) is 67.5 Å². The minimum absolute atomic E-state index is 0.280. The summed E-state index contributed by atoms with van der Waals surface area (Å²) in [5.41, 5.74) is 3.20. The molecule has 0 fully saturated rings. The number of benzene rings is 3. The van der Waals surface area contributed by atoms with E-state index in [1.54, 1.807) is 42.5 Å². The van der Waals surface area contributed by atoms with E-state index in [2.05, 4.69) is 19.6 Å². The van der Waals surface area contributed by atoms with Crippen LogP contribution in [0.2, 0.25) is 0 Å². The fourth-order valence-corrected chi connectivity index (χ4v) is 3.86. The van der Waals surface area contributed by atoms with E-state index in [1.165, 1.54) is 32.1 Å². The molecule has 0 aliphatic carbocycles. The molecular weight excluding hydrogens is 462 g/mol. The summed E-state index contributed by atoms with van der Waals surface area (Å²) in [5, 5.41) is 9.26. The number of carbonyl (C=O) groups is 1. The SMILES string of the molecule is C=CCO[C@@H](C#N)c1ccc(OC(=O)c2ccc(-c3ccc(OCCCCCCCC)cc3)cc2)cc1. The lowest BCUT2D eigenvalue weighted by Gasteiger charge is -2.11. The molecule has 3 rings (SSSR count). The van der Waals surface area contributed by atoms with Gasteiger partial charge < -0.3 is 14.2 Å². The maximum atomic E-state index is 12.6. The zero-order valence-corrected chi connectivity index (χ0v) is 21.5. The summed E-state index contributed by atoms with van der Waals surface area (Å²) in [6.07, 6.45) is 8.36. The predicted molar refractivity (Wildman–Crippen MR) is 147 cm³/mol. The van der Waals surface area contributed by atoms with E-state index in [-0.39, 0.29) is 6.61 Å². The molecule has 0 aliphatic heterocycles. The van der Waals surface area contributed by atoms with Gasteiger partial charge in [-0.25, -0.2) is 4.79 Å². The van der Waals surface area contributed by atoms with Gasteiger partial charge >= 0.3 is 5.97 Å². The number of hydrogen-bond acceptors (Lipinski definition) is 5. The average Bonchev–Trinajstić information content (AvgIpc) is 2.94. The van der Waals surface area contributed by atoms with Crippen molar-refractivity contribution in [2.75, 3.05) is 13.2 Å². The van der Waals surface area contributed by atoms with Gasteiger partial charge in [0.2, 0.25) is 0 Å². The molecule has 0 radical (unpaired) electrons. The lowest BCUT2D eigenvalue weighted by atomic mass is 10.0. The number of esters is 1. The number of unbranched alkanes of at least 4 members (excludes halogenated alkanes) is 5. The van der Waals surface area contributed by atoms with Gasteiger partial charge in [0.05, 0.1) is 24.8 Å². The van der Waals surface area contributed by atoms with Crippen molar-refractivity contribution in [2.45, 2.75) is 51.6 Å². The van der Waals surface area contributed by atoms with Gasteiger partial charge in [-0.2, -0.15) is 5.26 Å². The third kappa shape index (κ3) is 8.93. The Morgan fingerprint density at radius 2 is 1.46 bits per heavy atom. The van der Waals surface area contributed by atoms with Gasteiger partial charge in [0.25, 0.3) is 0 Å². The highest BCUT2D eigenvalue weighted by Gasteiger charge is 2.13. The number of nitriles is 1. The summed E-state index contributed by atoms with van der Waals surface area (Å²) in [6, 6.07) is 24.2. The van der Waals surface area contributed by atoms with Crippen LogP contribution < -0.4 is 9.47 Å². The fraction of sp³-hybridized carbons (Fsp3) is 0.312. The fourth-order valence-electron chi connectivity index (χ4n) is 3.86. The van der Waals surface area contributed by atoms with E-state index >= 15 is 0 Å². The minimum Gasteiger partial charge on any atom is -0.494 e. The van der Waals surface area contributed by atoms with Crippen LogP contribution in [-0.2, 0) is 4.74 Å². The standard InChI is InChI=1S/C32H35NO4/c1-3-5-6-7-8-9-23-35-29-18-14-26(15-19-29)25-10-12-28(13-11-25)32(34)37-30-20-16-27(17-21-30)31(24-33)36-22-4-2/h4,10-21,31H,2-3,5-9,22-23H2,1H3/t31-/m0/s1. The van der Waals surface area contributed by atoms with Gasteiger partial charge in [0.1, 0.15) is 11.5 Å². The highest BCUT2D eigenvalue weighted by molar-refractivity contribution is 5.91. The Kier molecular flexibility index (Phi) is 11.4. The highest BCUT2D eigenvalue weighted by atomic mass is 16.5. The van der Waals surface area contributed by atoms with Gasteiger partial charge in [0, 0.05) is 0 Å². The molecule has 0 unspecified atom stereocenters. The predicted octanol–water partition coefficient (Wildman–Crippen LogP) is 8.08. The third-order valence-electron chi connectivity index (χ3n) is 5.97. The summed E-state index contributed by atoms with van der Waals surface area (Å²) in [5.74, 6) is 0.823. The molecule has 0 N–H and O–H groups in total. The number of hydrogen-bond donors (Lipinski definition) is 0. The number of carbonyl (C=O) groups excluding carboxylic acids is 1. The molecular formula is C32H35NO4. The van der Waals surface area contributed by atoms with Crippen LogP contribution in [0, 0.1) is 11.3 Å². The molecule has 0 bridgehead atoms. The zero-order chi connectivity index (χ0) is 26.3. The molecule has 0 heterocycles. The second-order valence-electron chi connectivity index (χ2n) is 8.81. The molecule has 0 aromatic heterocycles. The molecule has 5 heteroatoms. The second-order valence-corrected chi connectivity index (χ2v) is 8.81. The highest BCUT2D eigenvalue weighted by Crippen LogP contribution is 2.24. The first-order chi connectivity index (χ1) is 18.1. The van der Waals surface area contributed by atoms with E-state index in [0.29, 0.717) is 16.9 Å². The van der Waals surface area contributed by atoms with Crippen LogP contribution in [0.15, 0.2) is 85.5 Å². The molecule has 0 spiro atoms. The van der Waals surface area contributed by atoms with Crippen LogP contribution in [-0.4, -0.2) is 19.2 Å². The quantitative estimate of drug-likeness (QED) is 0.0919. The summed E-state index contributed by atoms with van der Waals surface area (Å²) in [6.45, 7) is 6.84. The van der Waals surface area contributed by atoms with Crippen molar-refractivity contribution in [1.82, 2.24) is 0 Å². The molecule has 0 saturated heterocycles. The van der Waals surface area contributed by atoms with Crippen molar-refractivity contribution in [3.05, 3.63) is 96.6 Å². The Morgan fingerprint density at radius 1 is 0.865 bits per heavy atom. The maximum absolute atomic E-state index is 12.6. The van der Waals surface area contributed by atoms with Gasteiger partial charge in [-0.1, -0.05) is 81.5 Å². The summed E-state index contributed by atoms with van der Waals surface area (Å²) < 4.78 is 16.8. The van der Waals surface area contributed by atoms with Crippen LogP contribution in [0.25, 0.3) is 11.1 Å². The maximum Gasteiger partial charge on any atom is 0.343 e. The topological polar surface area (TPSA) is 68.5 Å². The van der Waals surface area contributed by atoms with Crippen molar-refractivity contribution < 1.29 is 19.0 Å². The van der Waals surface area contributed by atoms with Crippen LogP contribution >= 0.6 is 0 Å². The first-order valence-corrected chi connectivity index (χ1v) is 12.9. The van der Waals surface area contributed by atoms with Crippen molar-refractivity contribution in [2.24, 2.45) is 0 Å². The van der Waals surface area contributed by atoms with Crippen molar-refractivity contribution in [1.29, 1.82) is 5.26 Å². The number of ether oxygens (including phenoxy) is 3. The normalized spacial score (nSPS) is 11.4. The molecule has 0 aliphatic rings. The Balaban J connectivity index is 1.50. The Morgan fingerprint density at radius 3 is 2.08 bits per heavy atom. The van der Waals surface area contributed by atoms with E-state index in [9.17, 15) is 10.1 Å². The van der Waals surface area contributed by atoms with E-state index < -0.39 is 12.1 Å². The van der Waals surface area contributed by atoms with E-state index in [1.807, 2.05) is 36.4 Å². The molecule has 0 saturated carbocycles. The van der Waals surface area contributed by atoms with Crippen molar-refractivity contribution in [3.63, 3.8) is 0 Å². The Hall–Kier alpha value is -3.88. The van der Waals surface area contributed by atoms with Gasteiger partial charge in [-0.05, 0) is 59.5 Å². The van der Waals surface area contributed by atoms with E-state index in [0.717, 1.165) is 29.9 Å². The molecule has 3 aromatic carbocycles. The average molecular weight is 498 g/mol. The molecule has 1 atom stereocenters. The van der Waals surface area contributed by atoms with Crippen LogP contribution in [0.3, 0.4) is 0 Å². The van der Waals surface area contributed by atoms with Gasteiger partial charge in [-0.3, -0.25) is 0 Å². The smallest absolute Gasteiger partial charge is 0.343 e. The minimum atomic E-state index is -0.698. The van der Waals surface area contributed by atoms with Crippen molar-refractivity contribution >= 4 is 5.97 Å². The summed E-state index contributed by atoms with van der Waals surface area (Å²) in [4.78, 5) is 12.6. The number of nitrogens with zero attached hydrogens (tertiary/aromatic N) is 1. The van der Waals surface area contributed by atoms with Gasteiger partial charge in [0.15, 0.2) is 6.10 Å². The van der Waals surface area contributed by atoms with Crippen LogP contribution in [0.4, 0.5) is 0 Å². The lowest BCUT2D eigenvalue weighted by molar-refractivity contribution is 0.0734. The number of rotatable bonds is 15. The van der Waals surface area contributed by atoms with Gasteiger partial charge in [-0.15, -0.1) is 6.58 Å². The summed E-state index contributed by atoms with van der Waals surface area (Å²) in [7, 11) is 0. The first-order valence-electron chi connectivity index (χ1n) is 12.9. The van der Waals surface area contributed by atoms with Crippen molar-refractivity contribution in [3.8, 4) is 28.7 Å². The largest absolute Gasteiger partial charge is 0.494 e. The molecule has 37 heavy (non-hydrogen) atoms. The Bertz CT molecular complexity index is 1150. The molecule has 192 valence electrons. The third-order valence-corrected chi connectivity index (χ3v) is 5.97. The lowest BCUT2D eigenvalue weighted by Crippen LogP contribution is -2.08. The monoisotopic (exact) mass is 497 g/mol. The van der Waals surface area contributed by atoms with E-state index in [4.69, 9.17) is 14.2 Å². The van der Waals surface area contributed by atoms with Crippen LogP contribution in [0.5, 0.6) is 11.5 Å². The molecule has 5 nitrogen and oxygen atoms in total. The zero-order valence-electron chi connectivity index (χ0n) is 21.5. The first kappa shape index (κ1) is 27.7. The summed E-state index contributed by atoms with van der Waals surface area (Å²) >= 11 is 0. The molecule has 3 aromatic rings. The Labute approximate surface area is 220 Å².